The van der Waals surface area contributed by atoms with Crippen LogP contribution in [0.15, 0.2) is 60.7 Å². The van der Waals surface area contributed by atoms with E-state index in [-0.39, 0.29) is 55.5 Å². The van der Waals surface area contributed by atoms with Crippen molar-refractivity contribution in [2.75, 3.05) is 47.3 Å². The quantitative estimate of drug-likeness (QED) is 0.202. The molecule has 0 radical (unpaired) electrons. The maximum atomic E-state index is 14.7. The third kappa shape index (κ3) is 8.90. The van der Waals surface area contributed by atoms with Crippen molar-refractivity contribution in [3.05, 3.63) is 77.9 Å². The van der Waals surface area contributed by atoms with Gasteiger partial charge in [0.15, 0.2) is 11.6 Å². The number of hydrogen-bond acceptors (Lipinski definition) is 7. The second-order valence-corrected chi connectivity index (χ2v) is 7.76. The first-order chi connectivity index (χ1) is 17.3. The number of halogens is 2. The molecule has 0 fully saturated rings. The van der Waals surface area contributed by atoms with E-state index >= 15 is 0 Å². The number of aryl methyl sites for hydroxylation is 1. The van der Waals surface area contributed by atoms with E-state index in [9.17, 15) is 18.4 Å². The lowest BCUT2D eigenvalue weighted by molar-refractivity contribution is -0.140. The zero-order valence-electron chi connectivity index (χ0n) is 20.4. The first kappa shape index (κ1) is 28.7. The van der Waals surface area contributed by atoms with E-state index in [4.69, 9.17) is 23.7 Å². The van der Waals surface area contributed by atoms with Gasteiger partial charge in [-0.15, -0.1) is 0 Å². The molecule has 0 aliphatic carbocycles. The monoisotopic (exact) mass is 504 g/mol. The highest BCUT2D eigenvalue weighted by Gasteiger charge is 2.12. The second kappa shape index (κ2) is 14.8. The summed E-state index contributed by atoms with van der Waals surface area (Å²) in [6.45, 7) is 7.25. The minimum absolute atomic E-state index is 0.0502. The van der Waals surface area contributed by atoms with E-state index in [1.165, 1.54) is 38.5 Å². The van der Waals surface area contributed by atoms with Gasteiger partial charge in [-0.25, -0.2) is 18.4 Å². The van der Waals surface area contributed by atoms with Crippen molar-refractivity contribution in [1.29, 1.82) is 0 Å². The SMILES string of the molecule is C=C(COC)C(=O)OCCCc1ccc(-c2ccc(OCCOC(=O)C(=C)COC)c(F)c2)c(F)c1. The van der Waals surface area contributed by atoms with Gasteiger partial charge < -0.3 is 23.7 Å². The van der Waals surface area contributed by atoms with Gasteiger partial charge in [0, 0.05) is 19.8 Å². The molecule has 36 heavy (non-hydrogen) atoms. The first-order valence-corrected chi connectivity index (χ1v) is 11.2. The normalized spacial score (nSPS) is 10.6. The number of rotatable bonds is 15. The molecule has 2 rings (SSSR count). The van der Waals surface area contributed by atoms with Crippen LogP contribution in [-0.4, -0.2) is 59.2 Å². The summed E-state index contributed by atoms with van der Waals surface area (Å²) in [6.07, 6.45) is 0.993. The molecule has 0 atom stereocenters. The lowest BCUT2D eigenvalue weighted by Crippen LogP contribution is -2.15. The summed E-state index contributed by atoms with van der Waals surface area (Å²) < 4.78 is 54.2. The molecule has 0 amide bonds. The maximum absolute atomic E-state index is 14.7. The van der Waals surface area contributed by atoms with Crippen molar-refractivity contribution < 1.29 is 42.1 Å². The summed E-state index contributed by atoms with van der Waals surface area (Å²) in [7, 11) is 2.89. The van der Waals surface area contributed by atoms with Crippen LogP contribution in [-0.2, 0) is 35.0 Å². The van der Waals surface area contributed by atoms with E-state index in [0.717, 1.165) is 0 Å². The van der Waals surface area contributed by atoms with Gasteiger partial charge >= 0.3 is 11.9 Å². The predicted octanol–water partition coefficient (Wildman–Crippen LogP) is 4.43. The molecule has 2 aromatic carbocycles. The van der Waals surface area contributed by atoms with Gasteiger partial charge in [-0.2, -0.15) is 0 Å². The lowest BCUT2D eigenvalue weighted by atomic mass is 10.0. The molecule has 0 aromatic heterocycles. The molecule has 0 N–H and O–H groups in total. The van der Waals surface area contributed by atoms with Crippen molar-refractivity contribution in [2.45, 2.75) is 12.8 Å². The van der Waals surface area contributed by atoms with Crippen LogP contribution in [0.3, 0.4) is 0 Å². The topological polar surface area (TPSA) is 80.3 Å². The van der Waals surface area contributed by atoms with Gasteiger partial charge in [-0.3, -0.25) is 0 Å². The molecular formula is C27H30F2O7. The highest BCUT2D eigenvalue weighted by atomic mass is 19.1. The van der Waals surface area contributed by atoms with E-state index < -0.39 is 23.6 Å². The number of carbonyl (C=O) groups is 2. The Balaban J connectivity index is 1.87. The predicted molar refractivity (Wildman–Crippen MR) is 130 cm³/mol. The average molecular weight is 505 g/mol. The summed E-state index contributed by atoms with van der Waals surface area (Å²) in [5.41, 5.74) is 1.68. The average Bonchev–Trinajstić information content (AvgIpc) is 2.85. The molecule has 0 aliphatic heterocycles. The lowest BCUT2D eigenvalue weighted by Gasteiger charge is -2.11. The first-order valence-electron chi connectivity index (χ1n) is 11.2. The van der Waals surface area contributed by atoms with Gasteiger partial charge in [-0.05, 0) is 42.2 Å². The van der Waals surface area contributed by atoms with Crippen molar-refractivity contribution in [2.24, 2.45) is 0 Å². The van der Waals surface area contributed by atoms with Crippen molar-refractivity contribution in [1.82, 2.24) is 0 Å². The summed E-state index contributed by atoms with van der Waals surface area (Å²) in [4.78, 5) is 23.3. The Bertz CT molecular complexity index is 1080. The number of methoxy groups -OCH3 is 2. The third-order valence-corrected chi connectivity index (χ3v) is 4.91. The van der Waals surface area contributed by atoms with Crippen LogP contribution >= 0.6 is 0 Å². The van der Waals surface area contributed by atoms with Crippen LogP contribution in [0.4, 0.5) is 8.78 Å². The molecule has 0 saturated carbocycles. The Morgan fingerprint density at radius 3 is 2.03 bits per heavy atom. The minimum atomic E-state index is -0.678. The molecule has 2 aromatic rings. The Morgan fingerprint density at radius 2 is 1.44 bits per heavy atom. The van der Waals surface area contributed by atoms with Crippen LogP contribution < -0.4 is 4.74 Å². The fourth-order valence-electron chi connectivity index (χ4n) is 3.13. The Morgan fingerprint density at radius 1 is 0.806 bits per heavy atom. The zero-order chi connectivity index (χ0) is 26.5. The minimum Gasteiger partial charge on any atom is -0.487 e. The number of esters is 2. The Labute approximate surface area is 209 Å². The smallest absolute Gasteiger partial charge is 0.335 e. The summed E-state index contributed by atoms with van der Waals surface area (Å²) in [5, 5.41) is 0. The van der Waals surface area contributed by atoms with E-state index in [1.54, 1.807) is 12.1 Å². The summed E-state index contributed by atoms with van der Waals surface area (Å²) in [6, 6.07) is 8.77. The van der Waals surface area contributed by atoms with Crippen molar-refractivity contribution in [3.8, 4) is 16.9 Å². The second-order valence-electron chi connectivity index (χ2n) is 7.76. The van der Waals surface area contributed by atoms with Gasteiger partial charge in [0.2, 0.25) is 0 Å². The molecule has 0 saturated heterocycles. The van der Waals surface area contributed by atoms with Crippen LogP contribution in [0.5, 0.6) is 5.75 Å². The Kier molecular flexibility index (Phi) is 11.7. The van der Waals surface area contributed by atoms with E-state index in [2.05, 4.69) is 13.2 Å². The fourth-order valence-corrected chi connectivity index (χ4v) is 3.13. The molecule has 0 aliphatic rings. The van der Waals surface area contributed by atoms with Crippen LogP contribution in [0, 0.1) is 11.6 Å². The van der Waals surface area contributed by atoms with Crippen LogP contribution in [0.25, 0.3) is 11.1 Å². The van der Waals surface area contributed by atoms with Crippen molar-refractivity contribution >= 4 is 11.9 Å². The van der Waals surface area contributed by atoms with E-state index in [1.807, 2.05) is 0 Å². The maximum Gasteiger partial charge on any atom is 0.335 e. The fraction of sp³-hybridized carbons (Fsp3) is 0.333. The molecule has 0 bridgehead atoms. The number of benzene rings is 2. The van der Waals surface area contributed by atoms with Crippen LogP contribution in [0.1, 0.15) is 12.0 Å². The molecule has 0 spiro atoms. The van der Waals surface area contributed by atoms with Gasteiger partial charge in [0.05, 0.1) is 31.0 Å². The summed E-state index contributed by atoms with van der Waals surface area (Å²) >= 11 is 0. The molecule has 0 unspecified atom stereocenters. The van der Waals surface area contributed by atoms with Gasteiger partial charge in [-0.1, -0.05) is 31.4 Å². The van der Waals surface area contributed by atoms with Gasteiger partial charge in [0.1, 0.15) is 19.0 Å². The summed E-state index contributed by atoms with van der Waals surface area (Å²) in [5.74, 6) is -2.38. The van der Waals surface area contributed by atoms with Crippen molar-refractivity contribution in [3.63, 3.8) is 0 Å². The Hall–Kier alpha value is -3.56. The molecule has 0 heterocycles. The molecular weight excluding hydrogens is 474 g/mol. The highest BCUT2D eigenvalue weighted by molar-refractivity contribution is 5.88. The van der Waals surface area contributed by atoms with E-state index in [0.29, 0.717) is 24.0 Å². The van der Waals surface area contributed by atoms with Gasteiger partial charge in [0.25, 0.3) is 0 Å². The molecule has 7 nitrogen and oxygen atoms in total. The largest absolute Gasteiger partial charge is 0.487 e. The highest BCUT2D eigenvalue weighted by Crippen LogP contribution is 2.28. The number of hydrogen-bond donors (Lipinski definition) is 0. The third-order valence-electron chi connectivity index (χ3n) is 4.91. The number of ether oxygens (including phenoxy) is 5. The van der Waals surface area contributed by atoms with Crippen LogP contribution in [0.2, 0.25) is 0 Å². The number of carbonyl (C=O) groups excluding carboxylic acids is 2. The zero-order valence-corrected chi connectivity index (χ0v) is 20.4. The standard InChI is InChI=1S/C27H30F2O7/c1-18(16-32-3)26(30)35-11-5-6-20-7-9-22(23(28)14-20)21-8-10-25(24(29)15-21)34-12-13-36-27(31)19(2)17-33-4/h7-10,14-15H,1-2,5-6,11-13,16-17H2,3-4H3. The molecule has 9 heteroatoms. The molecule has 194 valence electrons.